The van der Waals surface area contributed by atoms with Crippen LogP contribution in [0, 0.1) is 11.2 Å². The molecule has 0 N–H and O–H groups in total. The van der Waals surface area contributed by atoms with Crippen molar-refractivity contribution >= 4 is 33.4 Å². The maximum Gasteiger partial charge on any atom is 0.240 e. The second-order valence-corrected chi connectivity index (χ2v) is 6.15. The van der Waals surface area contributed by atoms with Crippen molar-refractivity contribution in [2.75, 3.05) is 4.90 Å². The van der Waals surface area contributed by atoms with Gasteiger partial charge >= 0.3 is 0 Å². The van der Waals surface area contributed by atoms with Crippen LogP contribution in [0.15, 0.2) is 22.7 Å². The maximum absolute atomic E-state index is 13.4. The smallest absolute Gasteiger partial charge is 0.240 e. The van der Waals surface area contributed by atoms with E-state index in [4.69, 9.17) is 0 Å². The average Bonchev–Trinajstić information content (AvgIpc) is 2.91. The molecule has 0 bridgehead atoms. The highest BCUT2D eigenvalue weighted by atomic mass is 79.9. The SMILES string of the molecule is O=C1CC2(CCCC2)C(=O)N1c1cc(F)ccc1Br. The van der Waals surface area contributed by atoms with Crippen LogP contribution in [0.1, 0.15) is 32.1 Å². The molecule has 100 valence electrons. The van der Waals surface area contributed by atoms with E-state index in [1.807, 2.05) is 0 Å². The van der Waals surface area contributed by atoms with Crippen molar-refractivity contribution in [1.82, 2.24) is 0 Å². The molecule has 1 aliphatic carbocycles. The molecular formula is C14H13BrFNO2. The van der Waals surface area contributed by atoms with Gasteiger partial charge in [0.25, 0.3) is 0 Å². The van der Waals surface area contributed by atoms with Gasteiger partial charge in [-0.25, -0.2) is 9.29 Å². The summed E-state index contributed by atoms with van der Waals surface area (Å²) in [6, 6.07) is 4.04. The number of amides is 2. The van der Waals surface area contributed by atoms with Crippen LogP contribution in [0.25, 0.3) is 0 Å². The maximum atomic E-state index is 13.4. The zero-order valence-corrected chi connectivity index (χ0v) is 11.9. The summed E-state index contributed by atoms with van der Waals surface area (Å²) in [7, 11) is 0. The van der Waals surface area contributed by atoms with Gasteiger partial charge in [0.15, 0.2) is 0 Å². The summed E-state index contributed by atoms with van der Waals surface area (Å²) in [5.41, 5.74) is -0.207. The number of carbonyl (C=O) groups is 2. The number of anilines is 1. The van der Waals surface area contributed by atoms with Crippen molar-refractivity contribution in [3.63, 3.8) is 0 Å². The van der Waals surface area contributed by atoms with Crippen molar-refractivity contribution in [2.45, 2.75) is 32.1 Å². The first-order valence-electron chi connectivity index (χ1n) is 6.36. The van der Waals surface area contributed by atoms with Crippen molar-refractivity contribution < 1.29 is 14.0 Å². The number of halogens is 2. The highest BCUT2D eigenvalue weighted by Gasteiger charge is 2.53. The summed E-state index contributed by atoms with van der Waals surface area (Å²) < 4.78 is 13.9. The molecule has 0 radical (unpaired) electrons. The number of imide groups is 1. The molecule has 1 aliphatic heterocycles. The molecule has 1 spiro atoms. The quantitative estimate of drug-likeness (QED) is 0.742. The molecule has 2 amide bonds. The summed E-state index contributed by atoms with van der Waals surface area (Å²) in [4.78, 5) is 25.9. The van der Waals surface area contributed by atoms with Crippen LogP contribution >= 0.6 is 15.9 Å². The minimum Gasteiger partial charge on any atom is -0.274 e. The molecule has 2 fully saturated rings. The van der Waals surface area contributed by atoms with Crippen LogP contribution in [-0.4, -0.2) is 11.8 Å². The van der Waals surface area contributed by atoms with Gasteiger partial charge in [-0.1, -0.05) is 12.8 Å². The molecule has 0 atom stereocenters. The Morgan fingerprint density at radius 1 is 1.21 bits per heavy atom. The van der Waals surface area contributed by atoms with Crippen LogP contribution in [-0.2, 0) is 9.59 Å². The second-order valence-electron chi connectivity index (χ2n) is 5.29. The normalized spacial score (nSPS) is 21.7. The van der Waals surface area contributed by atoms with E-state index in [-0.39, 0.29) is 18.2 Å². The molecule has 1 saturated carbocycles. The van der Waals surface area contributed by atoms with Gasteiger partial charge in [-0.3, -0.25) is 9.59 Å². The Hall–Kier alpha value is -1.23. The van der Waals surface area contributed by atoms with Crippen molar-refractivity contribution in [3.8, 4) is 0 Å². The lowest BCUT2D eigenvalue weighted by atomic mass is 9.84. The molecule has 0 aromatic heterocycles. The van der Waals surface area contributed by atoms with Gasteiger partial charge in [0, 0.05) is 10.9 Å². The predicted molar refractivity (Wildman–Crippen MR) is 72.1 cm³/mol. The van der Waals surface area contributed by atoms with Crippen molar-refractivity contribution in [1.29, 1.82) is 0 Å². The highest BCUT2D eigenvalue weighted by Crippen LogP contribution is 2.48. The van der Waals surface area contributed by atoms with E-state index >= 15 is 0 Å². The first-order valence-corrected chi connectivity index (χ1v) is 7.15. The van der Waals surface area contributed by atoms with Crippen molar-refractivity contribution in [3.05, 3.63) is 28.5 Å². The van der Waals surface area contributed by atoms with E-state index in [9.17, 15) is 14.0 Å². The monoisotopic (exact) mass is 325 g/mol. The largest absolute Gasteiger partial charge is 0.274 e. The Balaban J connectivity index is 2.03. The van der Waals surface area contributed by atoms with E-state index < -0.39 is 11.2 Å². The summed E-state index contributed by atoms with van der Waals surface area (Å²) in [5.74, 6) is -0.842. The van der Waals surface area contributed by atoms with Gasteiger partial charge in [0.1, 0.15) is 5.82 Å². The van der Waals surface area contributed by atoms with Gasteiger partial charge in [0.2, 0.25) is 11.8 Å². The lowest BCUT2D eigenvalue weighted by molar-refractivity contribution is -0.125. The fraction of sp³-hybridized carbons (Fsp3) is 0.429. The lowest BCUT2D eigenvalue weighted by Crippen LogP contribution is -2.34. The molecule has 3 rings (SSSR count). The third-order valence-corrected chi connectivity index (χ3v) is 4.78. The lowest BCUT2D eigenvalue weighted by Gasteiger charge is -2.21. The molecular weight excluding hydrogens is 313 g/mol. The number of rotatable bonds is 1. The summed E-state index contributed by atoms with van der Waals surface area (Å²) in [6.45, 7) is 0. The third kappa shape index (κ3) is 1.91. The first-order chi connectivity index (χ1) is 9.03. The molecule has 1 saturated heterocycles. The third-order valence-electron chi connectivity index (χ3n) is 4.11. The van der Waals surface area contributed by atoms with Gasteiger partial charge in [-0.2, -0.15) is 0 Å². The van der Waals surface area contributed by atoms with E-state index in [2.05, 4.69) is 15.9 Å². The van der Waals surface area contributed by atoms with Gasteiger partial charge < -0.3 is 0 Å². The number of hydrogen-bond donors (Lipinski definition) is 0. The van der Waals surface area contributed by atoms with Crippen LogP contribution in [0.5, 0.6) is 0 Å². The summed E-state index contributed by atoms with van der Waals surface area (Å²) in [5, 5.41) is 0. The Bertz CT molecular complexity index is 567. The Labute approximate surface area is 118 Å². The second kappa shape index (κ2) is 4.40. The molecule has 5 heteroatoms. The number of hydrogen-bond acceptors (Lipinski definition) is 2. The van der Waals surface area contributed by atoms with Gasteiger partial charge in [-0.15, -0.1) is 0 Å². The summed E-state index contributed by atoms with van der Waals surface area (Å²) >= 11 is 3.28. The molecule has 1 aromatic rings. The minimum atomic E-state index is -0.525. The van der Waals surface area contributed by atoms with E-state index in [1.54, 1.807) is 0 Å². The van der Waals surface area contributed by atoms with Crippen molar-refractivity contribution in [2.24, 2.45) is 5.41 Å². The topological polar surface area (TPSA) is 37.4 Å². The zero-order valence-electron chi connectivity index (χ0n) is 10.3. The first kappa shape index (κ1) is 12.8. The minimum absolute atomic E-state index is 0.165. The highest BCUT2D eigenvalue weighted by molar-refractivity contribution is 9.10. The Kier molecular flexibility index (Phi) is 2.96. The molecule has 19 heavy (non-hydrogen) atoms. The van der Waals surface area contributed by atoms with E-state index in [0.717, 1.165) is 30.6 Å². The Morgan fingerprint density at radius 2 is 1.89 bits per heavy atom. The molecule has 1 aromatic carbocycles. The van der Waals surface area contributed by atoms with Gasteiger partial charge in [-0.05, 0) is 47.0 Å². The average molecular weight is 326 g/mol. The van der Waals surface area contributed by atoms with E-state index in [0.29, 0.717) is 10.2 Å². The van der Waals surface area contributed by atoms with Gasteiger partial charge in [0.05, 0.1) is 11.1 Å². The number of carbonyl (C=O) groups excluding carboxylic acids is 2. The fourth-order valence-corrected chi connectivity index (χ4v) is 3.56. The number of benzene rings is 1. The van der Waals surface area contributed by atoms with E-state index in [1.165, 1.54) is 18.2 Å². The predicted octanol–water partition coefficient (Wildman–Crippen LogP) is 3.41. The molecule has 0 unspecified atom stereocenters. The van der Waals surface area contributed by atoms with Crippen LogP contribution in [0.3, 0.4) is 0 Å². The van der Waals surface area contributed by atoms with Crippen LogP contribution < -0.4 is 4.90 Å². The van der Waals surface area contributed by atoms with Crippen LogP contribution in [0.2, 0.25) is 0 Å². The molecule has 3 nitrogen and oxygen atoms in total. The standard InChI is InChI=1S/C14H13BrFNO2/c15-10-4-3-9(16)7-11(10)17-12(18)8-14(13(17)19)5-1-2-6-14/h3-4,7H,1-2,5-6,8H2. The Morgan fingerprint density at radius 3 is 2.58 bits per heavy atom. The van der Waals surface area contributed by atoms with Crippen LogP contribution in [0.4, 0.5) is 10.1 Å². The summed E-state index contributed by atoms with van der Waals surface area (Å²) in [6.07, 6.45) is 3.76. The molecule has 2 aliphatic rings. The molecule has 1 heterocycles. The number of nitrogens with zero attached hydrogens (tertiary/aromatic N) is 1. The fourth-order valence-electron chi connectivity index (χ4n) is 3.14. The zero-order chi connectivity index (χ0) is 13.6.